The number of hydrogen-bond donors (Lipinski definition) is 1. The molecule has 2 aliphatic carbocycles. The lowest BCUT2D eigenvalue weighted by Gasteiger charge is -2.10. The van der Waals surface area contributed by atoms with Crippen LogP contribution < -0.4 is 5.32 Å². The number of benzene rings is 1. The van der Waals surface area contributed by atoms with Gasteiger partial charge >= 0.3 is 0 Å². The molecule has 3 heterocycles. The van der Waals surface area contributed by atoms with E-state index in [1.54, 1.807) is 17.1 Å². The number of fused-ring (bicyclic) bond motifs is 1. The van der Waals surface area contributed by atoms with Crippen molar-refractivity contribution in [3.05, 3.63) is 70.3 Å². The van der Waals surface area contributed by atoms with Crippen molar-refractivity contribution in [2.45, 2.75) is 44.1 Å². The molecule has 0 bridgehead atoms. The van der Waals surface area contributed by atoms with Crippen molar-refractivity contribution >= 4 is 34.2 Å². The van der Waals surface area contributed by atoms with E-state index in [2.05, 4.69) is 10.4 Å². The molecular formula is C24H23ClN6O. The topological polar surface area (TPSA) is 77.6 Å². The third-order valence-corrected chi connectivity index (χ3v) is 6.40. The van der Waals surface area contributed by atoms with Crippen LogP contribution in [0.5, 0.6) is 0 Å². The fourth-order valence-electron chi connectivity index (χ4n) is 4.21. The first-order valence-electron chi connectivity index (χ1n) is 11.0. The summed E-state index contributed by atoms with van der Waals surface area (Å²) >= 11 is 5.94. The average molecular weight is 447 g/mol. The molecule has 0 unspecified atom stereocenters. The molecule has 0 saturated heterocycles. The van der Waals surface area contributed by atoms with Crippen LogP contribution >= 0.6 is 11.6 Å². The predicted octanol–water partition coefficient (Wildman–Crippen LogP) is 4.87. The molecule has 7 nitrogen and oxygen atoms in total. The Kier molecular flexibility index (Phi) is 4.54. The van der Waals surface area contributed by atoms with E-state index in [9.17, 15) is 4.79 Å². The number of pyridine rings is 1. The Hall–Kier alpha value is -3.19. The molecule has 0 aliphatic heterocycles. The number of anilines is 1. The maximum Gasteiger partial charge on any atom is 0.256 e. The van der Waals surface area contributed by atoms with Crippen LogP contribution in [0, 0.1) is 0 Å². The average Bonchev–Trinajstić information content (AvgIpc) is 3.71. The summed E-state index contributed by atoms with van der Waals surface area (Å²) in [6, 6.07) is 9.80. The minimum Gasteiger partial charge on any atom is -0.322 e. The summed E-state index contributed by atoms with van der Waals surface area (Å²) in [5.74, 6) is 0.787. The number of halogens is 1. The maximum absolute atomic E-state index is 13.4. The van der Waals surface area contributed by atoms with E-state index in [0.717, 1.165) is 59.4 Å². The summed E-state index contributed by atoms with van der Waals surface area (Å²) in [6.45, 7) is 0.622. The predicted molar refractivity (Wildman–Crippen MR) is 123 cm³/mol. The van der Waals surface area contributed by atoms with Crippen LogP contribution in [0.3, 0.4) is 0 Å². The Morgan fingerprint density at radius 1 is 1.16 bits per heavy atom. The van der Waals surface area contributed by atoms with Crippen LogP contribution in [-0.4, -0.2) is 30.5 Å². The van der Waals surface area contributed by atoms with E-state index in [1.165, 1.54) is 0 Å². The lowest BCUT2D eigenvalue weighted by Crippen LogP contribution is -2.14. The van der Waals surface area contributed by atoms with Gasteiger partial charge in [0.15, 0.2) is 5.65 Å². The monoisotopic (exact) mass is 446 g/mol. The fourth-order valence-corrected chi connectivity index (χ4v) is 4.37. The van der Waals surface area contributed by atoms with Crippen molar-refractivity contribution in [2.24, 2.45) is 7.05 Å². The Labute approximate surface area is 190 Å². The standard InChI is InChI=1S/C24H23ClN6O/c1-30-23-21(22(29-30)16-6-7-16)19(10-20(28-23)15-4-5-15)24(32)27-18-8-2-14(3-9-18)12-31-13-17(25)11-26-31/h2-3,8-11,13,15-16H,4-7,12H2,1H3,(H,27,32). The van der Waals surface area contributed by atoms with Gasteiger partial charge in [-0.05, 0) is 49.4 Å². The van der Waals surface area contributed by atoms with Gasteiger partial charge in [-0.15, -0.1) is 0 Å². The van der Waals surface area contributed by atoms with E-state index in [-0.39, 0.29) is 5.91 Å². The van der Waals surface area contributed by atoms with Gasteiger partial charge in [-0.1, -0.05) is 23.7 Å². The number of nitrogens with zero attached hydrogens (tertiary/aromatic N) is 5. The van der Waals surface area contributed by atoms with Gasteiger partial charge in [-0.25, -0.2) is 4.98 Å². The first-order valence-corrected chi connectivity index (χ1v) is 11.4. The fraction of sp³-hybridized carbons (Fsp3) is 0.333. The molecule has 1 amide bonds. The van der Waals surface area contributed by atoms with Gasteiger partial charge in [0.25, 0.3) is 5.91 Å². The zero-order valence-electron chi connectivity index (χ0n) is 17.8. The van der Waals surface area contributed by atoms with Crippen LogP contribution in [0.4, 0.5) is 5.69 Å². The summed E-state index contributed by atoms with van der Waals surface area (Å²) in [7, 11) is 1.92. The van der Waals surface area contributed by atoms with Gasteiger partial charge in [0.1, 0.15) is 0 Å². The number of aromatic nitrogens is 5. The van der Waals surface area contributed by atoms with Gasteiger partial charge in [0, 0.05) is 36.5 Å². The second-order valence-electron chi connectivity index (χ2n) is 8.86. The van der Waals surface area contributed by atoms with Crippen molar-refractivity contribution in [2.75, 3.05) is 5.32 Å². The van der Waals surface area contributed by atoms with Crippen LogP contribution in [-0.2, 0) is 13.6 Å². The molecule has 8 heteroatoms. The summed E-state index contributed by atoms with van der Waals surface area (Å²) < 4.78 is 3.62. The minimum atomic E-state index is -0.110. The van der Waals surface area contributed by atoms with E-state index in [1.807, 2.05) is 42.1 Å². The minimum absolute atomic E-state index is 0.110. The molecular weight excluding hydrogens is 424 g/mol. The highest BCUT2D eigenvalue weighted by Crippen LogP contribution is 2.45. The zero-order chi connectivity index (χ0) is 21.8. The van der Waals surface area contributed by atoms with Crippen LogP contribution in [0.2, 0.25) is 5.02 Å². The Morgan fingerprint density at radius 3 is 2.56 bits per heavy atom. The molecule has 2 aliphatic rings. The number of carbonyl (C=O) groups is 1. The van der Waals surface area contributed by atoms with Crippen molar-refractivity contribution in [3.63, 3.8) is 0 Å². The molecule has 0 spiro atoms. The second kappa shape index (κ2) is 7.45. The smallest absolute Gasteiger partial charge is 0.256 e. The number of nitrogens with one attached hydrogen (secondary N) is 1. The molecule has 4 aromatic rings. The number of amides is 1. The summed E-state index contributed by atoms with van der Waals surface area (Å²) in [4.78, 5) is 18.3. The largest absolute Gasteiger partial charge is 0.322 e. The molecule has 2 saturated carbocycles. The van der Waals surface area contributed by atoms with Crippen molar-refractivity contribution in [1.82, 2.24) is 24.5 Å². The second-order valence-corrected chi connectivity index (χ2v) is 9.29. The quantitative estimate of drug-likeness (QED) is 0.458. The number of rotatable bonds is 6. The molecule has 162 valence electrons. The molecule has 1 N–H and O–H groups in total. The molecule has 2 fully saturated rings. The molecule has 1 aromatic carbocycles. The molecule has 6 rings (SSSR count). The van der Waals surface area contributed by atoms with Crippen LogP contribution in [0.1, 0.15) is 64.8 Å². The SMILES string of the molecule is Cn1nc(C2CC2)c2c(C(=O)Nc3ccc(Cn4cc(Cl)cn4)cc3)cc(C3CC3)nc21. The Balaban J connectivity index is 1.29. The Bertz CT molecular complexity index is 1330. The molecule has 3 aromatic heterocycles. The van der Waals surface area contributed by atoms with E-state index >= 15 is 0 Å². The van der Waals surface area contributed by atoms with Crippen LogP contribution in [0.25, 0.3) is 11.0 Å². The number of hydrogen-bond acceptors (Lipinski definition) is 4. The first-order chi connectivity index (χ1) is 15.5. The highest BCUT2D eigenvalue weighted by Gasteiger charge is 2.33. The van der Waals surface area contributed by atoms with E-state index < -0.39 is 0 Å². The van der Waals surface area contributed by atoms with Crippen LogP contribution in [0.15, 0.2) is 42.7 Å². The highest BCUT2D eigenvalue weighted by atomic mass is 35.5. The highest BCUT2D eigenvalue weighted by molar-refractivity contribution is 6.30. The van der Waals surface area contributed by atoms with Crippen molar-refractivity contribution in [1.29, 1.82) is 0 Å². The third-order valence-electron chi connectivity index (χ3n) is 6.20. The number of carbonyl (C=O) groups excluding carboxylic acids is 1. The zero-order valence-corrected chi connectivity index (χ0v) is 18.5. The molecule has 0 radical (unpaired) electrons. The molecule has 0 atom stereocenters. The lowest BCUT2D eigenvalue weighted by molar-refractivity contribution is 0.102. The third kappa shape index (κ3) is 3.66. The van der Waals surface area contributed by atoms with Gasteiger partial charge < -0.3 is 5.32 Å². The summed E-state index contributed by atoms with van der Waals surface area (Å²) in [5, 5.41) is 13.5. The first kappa shape index (κ1) is 19.5. The van der Waals surface area contributed by atoms with E-state index in [0.29, 0.717) is 29.0 Å². The van der Waals surface area contributed by atoms with Gasteiger partial charge in [-0.2, -0.15) is 10.2 Å². The number of aryl methyl sites for hydroxylation is 1. The Morgan fingerprint density at radius 2 is 1.91 bits per heavy atom. The summed E-state index contributed by atoms with van der Waals surface area (Å²) in [5.41, 5.74) is 5.34. The van der Waals surface area contributed by atoms with Crippen molar-refractivity contribution in [3.8, 4) is 0 Å². The van der Waals surface area contributed by atoms with Crippen molar-refractivity contribution < 1.29 is 4.79 Å². The van der Waals surface area contributed by atoms with Gasteiger partial charge in [-0.3, -0.25) is 14.2 Å². The molecule has 32 heavy (non-hydrogen) atoms. The van der Waals surface area contributed by atoms with Gasteiger partial charge in [0.2, 0.25) is 0 Å². The normalized spacial score (nSPS) is 15.9. The van der Waals surface area contributed by atoms with E-state index in [4.69, 9.17) is 21.7 Å². The van der Waals surface area contributed by atoms with Gasteiger partial charge in [0.05, 0.1) is 34.4 Å². The summed E-state index contributed by atoms with van der Waals surface area (Å²) in [6.07, 6.45) is 7.93. The maximum atomic E-state index is 13.4. The lowest BCUT2D eigenvalue weighted by atomic mass is 10.0.